The maximum Gasteiger partial charge on any atom is 0.312 e. The lowest BCUT2D eigenvalue weighted by atomic mass is 10.2. The van der Waals surface area contributed by atoms with Gasteiger partial charge in [-0.3, -0.25) is 9.59 Å². The van der Waals surface area contributed by atoms with Crippen molar-refractivity contribution >= 4 is 23.2 Å². The van der Waals surface area contributed by atoms with E-state index in [4.69, 9.17) is 14.2 Å². The number of ether oxygens (including phenoxy) is 3. The van der Waals surface area contributed by atoms with Crippen LogP contribution >= 0.6 is 11.3 Å². The van der Waals surface area contributed by atoms with E-state index >= 15 is 0 Å². The van der Waals surface area contributed by atoms with Crippen molar-refractivity contribution in [1.82, 2.24) is 10.3 Å². The molecule has 0 aliphatic carbocycles. The molecule has 26 heavy (non-hydrogen) atoms. The van der Waals surface area contributed by atoms with Gasteiger partial charge in [0.25, 0.3) is 5.91 Å². The standard InChI is InChI=1S/C18H22N2O5S/c1-13-3-5-15(6-4-13)24-11-17-20-14(12-26-17)9-18(22)25-10-16(21)19-7-8-23-2/h3-6,12H,7-11H2,1-2H3,(H,19,21). The molecule has 0 aliphatic rings. The number of nitrogens with one attached hydrogen (secondary N) is 1. The molecule has 1 aromatic heterocycles. The van der Waals surface area contributed by atoms with E-state index in [9.17, 15) is 9.59 Å². The molecule has 8 heteroatoms. The molecule has 1 heterocycles. The number of carbonyl (C=O) groups excluding carboxylic acids is 2. The predicted octanol–water partition coefficient (Wildman–Crippen LogP) is 1.88. The molecular formula is C18H22N2O5S. The number of thiazole rings is 1. The Bertz CT molecular complexity index is 715. The Morgan fingerprint density at radius 2 is 2.00 bits per heavy atom. The zero-order chi connectivity index (χ0) is 18.8. The summed E-state index contributed by atoms with van der Waals surface area (Å²) in [4.78, 5) is 27.6. The summed E-state index contributed by atoms with van der Waals surface area (Å²) in [7, 11) is 1.54. The molecule has 7 nitrogen and oxygen atoms in total. The van der Waals surface area contributed by atoms with E-state index in [1.807, 2.05) is 31.2 Å². The molecule has 0 radical (unpaired) electrons. The van der Waals surface area contributed by atoms with Crippen molar-refractivity contribution in [3.63, 3.8) is 0 Å². The van der Waals surface area contributed by atoms with E-state index in [1.165, 1.54) is 16.9 Å². The molecule has 0 aliphatic heterocycles. The Morgan fingerprint density at radius 3 is 2.73 bits per heavy atom. The first-order chi connectivity index (χ1) is 12.6. The molecule has 0 spiro atoms. The Hall–Kier alpha value is -2.45. The van der Waals surface area contributed by atoms with Gasteiger partial charge in [-0.2, -0.15) is 0 Å². The topological polar surface area (TPSA) is 86.8 Å². The van der Waals surface area contributed by atoms with Gasteiger partial charge >= 0.3 is 5.97 Å². The zero-order valence-corrected chi connectivity index (χ0v) is 15.6. The largest absolute Gasteiger partial charge is 0.486 e. The summed E-state index contributed by atoms with van der Waals surface area (Å²) in [6.07, 6.45) is 0.0202. The average molecular weight is 378 g/mol. The normalized spacial score (nSPS) is 10.4. The van der Waals surface area contributed by atoms with Crippen LogP contribution < -0.4 is 10.1 Å². The lowest BCUT2D eigenvalue weighted by Gasteiger charge is -2.05. The molecule has 0 atom stereocenters. The van der Waals surface area contributed by atoms with Crippen molar-refractivity contribution in [1.29, 1.82) is 0 Å². The summed E-state index contributed by atoms with van der Waals surface area (Å²) in [5, 5.41) is 5.13. The molecule has 0 fully saturated rings. The van der Waals surface area contributed by atoms with Crippen LogP contribution in [0, 0.1) is 6.92 Å². The minimum absolute atomic E-state index is 0.0202. The zero-order valence-electron chi connectivity index (χ0n) is 14.8. The molecule has 2 rings (SSSR count). The fourth-order valence-corrected chi connectivity index (χ4v) is 2.67. The van der Waals surface area contributed by atoms with Crippen molar-refractivity contribution in [2.24, 2.45) is 0 Å². The first-order valence-corrected chi connectivity index (χ1v) is 8.99. The van der Waals surface area contributed by atoms with Gasteiger partial charge in [-0.1, -0.05) is 17.7 Å². The number of carbonyl (C=O) groups is 2. The minimum atomic E-state index is -0.497. The Kier molecular flexibility index (Phi) is 8.04. The summed E-state index contributed by atoms with van der Waals surface area (Å²) >= 11 is 1.41. The van der Waals surface area contributed by atoms with Gasteiger partial charge in [0.15, 0.2) is 6.61 Å². The fraction of sp³-hybridized carbons (Fsp3) is 0.389. The number of hydrogen-bond acceptors (Lipinski definition) is 7. The summed E-state index contributed by atoms with van der Waals surface area (Å²) < 4.78 is 15.4. The van der Waals surface area contributed by atoms with Crippen molar-refractivity contribution < 1.29 is 23.8 Å². The monoisotopic (exact) mass is 378 g/mol. The molecule has 140 valence electrons. The van der Waals surface area contributed by atoms with Crippen LogP contribution in [0.25, 0.3) is 0 Å². The van der Waals surface area contributed by atoms with E-state index in [2.05, 4.69) is 10.3 Å². The molecule has 0 unspecified atom stereocenters. The number of aromatic nitrogens is 1. The predicted molar refractivity (Wildman–Crippen MR) is 97.2 cm³/mol. The van der Waals surface area contributed by atoms with Crippen LogP contribution in [0.1, 0.15) is 16.3 Å². The van der Waals surface area contributed by atoms with Crippen LogP contribution in [-0.2, 0) is 32.1 Å². The third-order valence-corrected chi connectivity index (χ3v) is 4.17. The van der Waals surface area contributed by atoms with Gasteiger partial charge in [-0.25, -0.2) is 4.98 Å². The van der Waals surface area contributed by atoms with Gasteiger partial charge in [-0.15, -0.1) is 11.3 Å². The van der Waals surface area contributed by atoms with Crippen molar-refractivity contribution in [2.75, 3.05) is 26.9 Å². The number of amides is 1. The maximum atomic E-state index is 11.8. The van der Waals surface area contributed by atoms with Gasteiger partial charge in [0.2, 0.25) is 0 Å². The minimum Gasteiger partial charge on any atom is -0.486 e. The number of aryl methyl sites for hydroxylation is 1. The van der Waals surface area contributed by atoms with Crippen LogP contribution in [0.4, 0.5) is 0 Å². The third kappa shape index (κ3) is 7.20. The molecular weight excluding hydrogens is 356 g/mol. The number of esters is 1. The molecule has 0 saturated carbocycles. The third-order valence-electron chi connectivity index (χ3n) is 3.30. The van der Waals surface area contributed by atoms with Crippen LogP contribution in [0.15, 0.2) is 29.6 Å². The van der Waals surface area contributed by atoms with Gasteiger partial charge in [0, 0.05) is 19.0 Å². The smallest absolute Gasteiger partial charge is 0.312 e. The highest BCUT2D eigenvalue weighted by Crippen LogP contribution is 2.16. The van der Waals surface area contributed by atoms with E-state index in [0.29, 0.717) is 25.5 Å². The van der Waals surface area contributed by atoms with E-state index in [-0.39, 0.29) is 18.9 Å². The lowest BCUT2D eigenvalue weighted by molar-refractivity contribution is -0.147. The Morgan fingerprint density at radius 1 is 1.23 bits per heavy atom. The molecule has 1 amide bonds. The van der Waals surface area contributed by atoms with Crippen molar-refractivity contribution in [3.05, 3.63) is 45.9 Å². The summed E-state index contributed by atoms with van der Waals surface area (Å²) in [6.45, 7) is 2.83. The quantitative estimate of drug-likeness (QED) is 0.502. The average Bonchev–Trinajstić information content (AvgIpc) is 3.07. The summed E-state index contributed by atoms with van der Waals surface area (Å²) in [5.41, 5.74) is 1.77. The second-order valence-electron chi connectivity index (χ2n) is 5.51. The maximum absolute atomic E-state index is 11.8. The molecule has 1 N–H and O–H groups in total. The van der Waals surface area contributed by atoms with Gasteiger partial charge in [0.05, 0.1) is 18.7 Å². The molecule has 2 aromatic rings. The molecule has 1 aromatic carbocycles. The highest BCUT2D eigenvalue weighted by Gasteiger charge is 2.11. The summed E-state index contributed by atoms with van der Waals surface area (Å²) in [6, 6.07) is 7.76. The first kappa shape index (κ1) is 19.9. The second kappa shape index (κ2) is 10.5. The molecule has 0 saturated heterocycles. The number of hydrogen-bond donors (Lipinski definition) is 1. The highest BCUT2D eigenvalue weighted by molar-refractivity contribution is 7.09. The Labute approximate surface area is 156 Å². The highest BCUT2D eigenvalue weighted by atomic mass is 32.1. The van der Waals surface area contributed by atoms with Crippen LogP contribution in [0.2, 0.25) is 0 Å². The van der Waals surface area contributed by atoms with E-state index in [0.717, 1.165) is 10.8 Å². The van der Waals surface area contributed by atoms with Gasteiger partial charge < -0.3 is 19.5 Å². The van der Waals surface area contributed by atoms with E-state index < -0.39 is 5.97 Å². The molecule has 0 bridgehead atoms. The van der Waals surface area contributed by atoms with Crippen LogP contribution in [-0.4, -0.2) is 43.7 Å². The number of nitrogens with zero attached hydrogens (tertiary/aromatic N) is 1. The van der Waals surface area contributed by atoms with Crippen LogP contribution in [0.3, 0.4) is 0 Å². The fourth-order valence-electron chi connectivity index (χ4n) is 1.96. The number of rotatable bonds is 10. The van der Waals surface area contributed by atoms with Gasteiger partial charge in [0.1, 0.15) is 17.4 Å². The van der Waals surface area contributed by atoms with Crippen molar-refractivity contribution in [2.45, 2.75) is 20.0 Å². The van der Waals surface area contributed by atoms with E-state index in [1.54, 1.807) is 12.5 Å². The first-order valence-electron chi connectivity index (χ1n) is 8.11. The number of benzene rings is 1. The van der Waals surface area contributed by atoms with Crippen molar-refractivity contribution in [3.8, 4) is 5.75 Å². The lowest BCUT2D eigenvalue weighted by Crippen LogP contribution is -2.31. The van der Waals surface area contributed by atoms with Crippen LogP contribution in [0.5, 0.6) is 5.75 Å². The van der Waals surface area contributed by atoms with Gasteiger partial charge in [-0.05, 0) is 19.1 Å². The number of methoxy groups -OCH3 is 1. The summed E-state index contributed by atoms with van der Waals surface area (Å²) in [5.74, 6) is -0.0877. The Balaban J connectivity index is 1.70. The second-order valence-corrected chi connectivity index (χ2v) is 6.46. The SMILES string of the molecule is COCCNC(=O)COC(=O)Cc1csc(COc2ccc(C)cc2)n1.